The van der Waals surface area contributed by atoms with Crippen molar-refractivity contribution in [1.29, 1.82) is 0 Å². The summed E-state index contributed by atoms with van der Waals surface area (Å²) in [5.41, 5.74) is 0.538. The molecular formula is C10H9BrO2. The second kappa shape index (κ2) is 4.82. The van der Waals surface area contributed by atoms with Gasteiger partial charge in [-0.05, 0) is 18.2 Å². The number of rotatable bonds is 4. The normalized spacial score (nSPS) is 9.31. The molecule has 0 aliphatic carbocycles. The second-order valence-corrected chi connectivity index (χ2v) is 3.32. The quantitative estimate of drug-likeness (QED) is 0.598. The van der Waals surface area contributed by atoms with Crippen LogP contribution in [0.25, 0.3) is 0 Å². The highest BCUT2D eigenvalue weighted by Gasteiger charge is 2.01. The van der Waals surface area contributed by atoms with E-state index in [-0.39, 0.29) is 0 Å². The standard InChI is InChI=1S/C10H9BrO2/c1-2-5-13-10-4-3-9(11)6-8(10)7-12/h2-4,6-7H,1,5H2. The molecule has 0 atom stereocenters. The molecule has 0 amide bonds. The predicted octanol–water partition coefficient (Wildman–Crippen LogP) is 2.83. The molecule has 0 bridgehead atoms. The van der Waals surface area contributed by atoms with E-state index < -0.39 is 0 Å². The minimum absolute atomic E-state index is 0.405. The number of ether oxygens (including phenoxy) is 1. The molecule has 0 saturated heterocycles. The van der Waals surface area contributed by atoms with E-state index in [2.05, 4.69) is 22.5 Å². The molecule has 0 aromatic heterocycles. The SMILES string of the molecule is C=CCOc1ccc(Br)cc1C=O. The van der Waals surface area contributed by atoms with Crippen LogP contribution >= 0.6 is 15.9 Å². The number of benzene rings is 1. The molecule has 3 heteroatoms. The number of halogens is 1. The van der Waals surface area contributed by atoms with Crippen molar-refractivity contribution >= 4 is 22.2 Å². The summed E-state index contributed by atoms with van der Waals surface area (Å²) < 4.78 is 6.12. The third-order valence-electron chi connectivity index (χ3n) is 1.46. The summed E-state index contributed by atoms with van der Waals surface area (Å²) in [4.78, 5) is 10.6. The molecule has 1 aromatic rings. The van der Waals surface area contributed by atoms with Crippen LogP contribution in [0.1, 0.15) is 10.4 Å². The van der Waals surface area contributed by atoms with Crippen LogP contribution in [0.2, 0.25) is 0 Å². The van der Waals surface area contributed by atoms with E-state index in [0.29, 0.717) is 17.9 Å². The molecule has 13 heavy (non-hydrogen) atoms. The summed E-state index contributed by atoms with van der Waals surface area (Å²) in [5, 5.41) is 0. The summed E-state index contributed by atoms with van der Waals surface area (Å²) in [7, 11) is 0. The van der Waals surface area contributed by atoms with E-state index in [0.717, 1.165) is 10.8 Å². The van der Waals surface area contributed by atoms with Crippen molar-refractivity contribution in [2.75, 3.05) is 6.61 Å². The third kappa shape index (κ3) is 2.70. The molecule has 2 nitrogen and oxygen atoms in total. The Morgan fingerprint density at radius 1 is 1.54 bits per heavy atom. The van der Waals surface area contributed by atoms with Crippen molar-refractivity contribution in [1.82, 2.24) is 0 Å². The first kappa shape index (κ1) is 9.99. The molecule has 0 heterocycles. The van der Waals surface area contributed by atoms with E-state index in [4.69, 9.17) is 4.74 Å². The van der Waals surface area contributed by atoms with E-state index in [1.54, 1.807) is 18.2 Å². The fourth-order valence-corrected chi connectivity index (χ4v) is 1.27. The van der Waals surface area contributed by atoms with Crippen LogP contribution < -0.4 is 4.74 Å². The molecule has 0 N–H and O–H groups in total. The van der Waals surface area contributed by atoms with Gasteiger partial charge in [-0.3, -0.25) is 4.79 Å². The van der Waals surface area contributed by atoms with Crippen molar-refractivity contribution in [2.24, 2.45) is 0 Å². The average Bonchev–Trinajstić information content (AvgIpc) is 2.16. The van der Waals surface area contributed by atoms with Gasteiger partial charge in [-0.2, -0.15) is 0 Å². The molecular weight excluding hydrogens is 232 g/mol. The van der Waals surface area contributed by atoms with E-state index in [1.165, 1.54) is 0 Å². The maximum atomic E-state index is 10.6. The van der Waals surface area contributed by atoms with E-state index in [1.807, 2.05) is 6.07 Å². The maximum Gasteiger partial charge on any atom is 0.153 e. The highest BCUT2D eigenvalue weighted by Crippen LogP contribution is 2.21. The summed E-state index contributed by atoms with van der Waals surface area (Å²) >= 11 is 3.27. The summed E-state index contributed by atoms with van der Waals surface area (Å²) in [6, 6.07) is 5.29. The molecule has 0 spiro atoms. The number of carbonyl (C=O) groups excluding carboxylic acids is 1. The van der Waals surface area contributed by atoms with Gasteiger partial charge in [-0.1, -0.05) is 28.6 Å². The Morgan fingerprint density at radius 3 is 2.92 bits per heavy atom. The Hall–Kier alpha value is -1.09. The highest BCUT2D eigenvalue weighted by atomic mass is 79.9. The van der Waals surface area contributed by atoms with Crippen molar-refractivity contribution in [2.45, 2.75) is 0 Å². The predicted molar refractivity (Wildman–Crippen MR) is 55.2 cm³/mol. The molecule has 0 radical (unpaired) electrons. The lowest BCUT2D eigenvalue weighted by Crippen LogP contribution is -1.96. The number of carbonyl (C=O) groups is 1. The molecule has 1 aromatic carbocycles. The minimum Gasteiger partial charge on any atom is -0.489 e. The van der Waals surface area contributed by atoms with Crippen molar-refractivity contribution in [3.05, 3.63) is 40.9 Å². The fraction of sp³-hybridized carbons (Fsp3) is 0.100. The van der Waals surface area contributed by atoms with Crippen molar-refractivity contribution < 1.29 is 9.53 Å². The maximum absolute atomic E-state index is 10.6. The van der Waals surface area contributed by atoms with Gasteiger partial charge in [0.15, 0.2) is 6.29 Å². The van der Waals surface area contributed by atoms with E-state index in [9.17, 15) is 4.79 Å². The van der Waals surface area contributed by atoms with Gasteiger partial charge < -0.3 is 4.74 Å². The Kier molecular flexibility index (Phi) is 3.71. The van der Waals surface area contributed by atoms with Crippen LogP contribution in [0.15, 0.2) is 35.3 Å². The first-order valence-corrected chi connectivity index (χ1v) is 4.55. The fourth-order valence-electron chi connectivity index (χ4n) is 0.892. The third-order valence-corrected chi connectivity index (χ3v) is 1.95. The summed E-state index contributed by atoms with van der Waals surface area (Å²) in [6.45, 7) is 3.93. The lowest BCUT2D eigenvalue weighted by atomic mass is 10.2. The average molecular weight is 241 g/mol. The van der Waals surface area contributed by atoms with Gasteiger partial charge in [0.1, 0.15) is 12.4 Å². The van der Waals surface area contributed by atoms with Crippen molar-refractivity contribution in [3.8, 4) is 5.75 Å². The van der Waals surface area contributed by atoms with E-state index >= 15 is 0 Å². The number of aldehydes is 1. The Morgan fingerprint density at radius 2 is 2.31 bits per heavy atom. The lowest BCUT2D eigenvalue weighted by Gasteiger charge is -2.05. The molecule has 1 rings (SSSR count). The molecule has 0 unspecified atom stereocenters. The first-order valence-electron chi connectivity index (χ1n) is 3.76. The molecule has 68 valence electrons. The van der Waals surface area contributed by atoms with Crippen molar-refractivity contribution in [3.63, 3.8) is 0 Å². The summed E-state index contributed by atoms with van der Waals surface area (Å²) in [6.07, 6.45) is 2.40. The number of hydrogen-bond acceptors (Lipinski definition) is 2. The van der Waals surface area contributed by atoms with Crippen LogP contribution in [-0.4, -0.2) is 12.9 Å². The minimum atomic E-state index is 0.405. The second-order valence-electron chi connectivity index (χ2n) is 2.40. The van der Waals surface area contributed by atoms with Gasteiger partial charge in [0.25, 0.3) is 0 Å². The van der Waals surface area contributed by atoms with Gasteiger partial charge in [0.2, 0.25) is 0 Å². The Labute approximate surface area is 85.3 Å². The first-order chi connectivity index (χ1) is 6.27. The zero-order valence-electron chi connectivity index (χ0n) is 7.00. The Bertz CT molecular complexity index is 321. The molecule has 0 saturated carbocycles. The Balaban J connectivity index is 2.91. The van der Waals surface area contributed by atoms with Gasteiger partial charge in [-0.25, -0.2) is 0 Å². The zero-order valence-corrected chi connectivity index (χ0v) is 8.58. The smallest absolute Gasteiger partial charge is 0.153 e. The molecule has 0 aliphatic heterocycles. The van der Waals surface area contributed by atoms with Crippen LogP contribution in [0.5, 0.6) is 5.75 Å². The van der Waals surface area contributed by atoms with Crippen LogP contribution in [-0.2, 0) is 0 Å². The lowest BCUT2D eigenvalue weighted by molar-refractivity contribution is 0.112. The van der Waals surface area contributed by atoms with Gasteiger partial charge in [0.05, 0.1) is 5.56 Å². The monoisotopic (exact) mass is 240 g/mol. The van der Waals surface area contributed by atoms with Gasteiger partial charge in [0, 0.05) is 4.47 Å². The number of hydrogen-bond donors (Lipinski definition) is 0. The van der Waals surface area contributed by atoms with Crippen LogP contribution in [0.4, 0.5) is 0 Å². The largest absolute Gasteiger partial charge is 0.489 e. The zero-order chi connectivity index (χ0) is 9.68. The topological polar surface area (TPSA) is 26.3 Å². The van der Waals surface area contributed by atoms with Gasteiger partial charge >= 0.3 is 0 Å². The highest BCUT2D eigenvalue weighted by molar-refractivity contribution is 9.10. The molecule has 0 fully saturated rings. The molecule has 0 aliphatic rings. The van der Waals surface area contributed by atoms with Gasteiger partial charge in [-0.15, -0.1) is 0 Å². The summed E-state index contributed by atoms with van der Waals surface area (Å²) in [5.74, 6) is 0.582. The van der Waals surface area contributed by atoms with Crippen LogP contribution in [0.3, 0.4) is 0 Å². The van der Waals surface area contributed by atoms with Crippen LogP contribution in [0, 0.1) is 0 Å².